The van der Waals surface area contributed by atoms with Crippen molar-refractivity contribution in [1.29, 1.82) is 0 Å². The Morgan fingerprint density at radius 3 is 2.68 bits per heavy atom. The smallest absolute Gasteiger partial charge is 0.131 e. The first-order valence-corrected chi connectivity index (χ1v) is 6.50. The summed E-state index contributed by atoms with van der Waals surface area (Å²) in [5.41, 5.74) is 2.94. The van der Waals surface area contributed by atoms with Crippen molar-refractivity contribution in [3.8, 4) is 0 Å². The molecule has 0 radical (unpaired) electrons. The van der Waals surface area contributed by atoms with Crippen LogP contribution in [0.3, 0.4) is 0 Å². The molecule has 0 bridgehead atoms. The van der Waals surface area contributed by atoms with Gasteiger partial charge in [0.1, 0.15) is 5.82 Å². The molecule has 1 aromatic carbocycles. The minimum atomic E-state index is 0.0162. The molecule has 0 aliphatic heterocycles. The van der Waals surface area contributed by atoms with Crippen molar-refractivity contribution in [3.05, 3.63) is 58.2 Å². The molecular formula is C15H17ClN2O. The normalized spacial score (nSPS) is 10.5. The van der Waals surface area contributed by atoms with Gasteiger partial charge in [0, 0.05) is 24.8 Å². The standard InChI is InChI=1S/C15H17ClN2O/c1-11-7-12(10-19)8-17-15(11)18(2)9-13-5-3-4-6-14(13)16/h3-8,19H,9-10H2,1-2H3. The third-order valence-electron chi connectivity index (χ3n) is 3.02. The van der Waals surface area contributed by atoms with E-state index in [1.807, 2.05) is 44.3 Å². The van der Waals surface area contributed by atoms with Crippen molar-refractivity contribution in [2.24, 2.45) is 0 Å². The number of benzene rings is 1. The summed E-state index contributed by atoms with van der Waals surface area (Å²) >= 11 is 6.16. The molecule has 4 heteroatoms. The maximum Gasteiger partial charge on any atom is 0.131 e. The van der Waals surface area contributed by atoms with Crippen molar-refractivity contribution in [2.45, 2.75) is 20.1 Å². The minimum Gasteiger partial charge on any atom is -0.392 e. The van der Waals surface area contributed by atoms with Crippen molar-refractivity contribution in [1.82, 2.24) is 4.98 Å². The minimum absolute atomic E-state index is 0.0162. The molecule has 1 N–H and O–H groups in total. The van der Waals surface area contributed by atoms with Crippen LogP contribution in [-0.2, 0) is 13.2 Å². The lowest BCUT2D eigenvalue weighted by molar-refractivity contribution is 0.281. The molecule has 0 saturated carbocycles. The first-order chi connectivity index (χ1) is 9.11. The van der Waals surface area contributed by atoms with Gasteiger partial charge in [0.25, 0.3) is 0 Å². The van der Waals surface area contributed by atoms with Crippen LogP contribution in [0.2, 0.25) is 5.02 Å². The SMILES string of the molecule is Cc1cc(CO)cnc1N(C)Cc1ccccc1Cl. The van der Waals surface area contributed by atoms with E-state index in [1.54, 1.807) is 6.20 Å². The first-order valence-electron chi connectivity index (χ1n) is 6.12. The molecule has 0 aliphatic carbocycles. The van der Waals surface area contributed by atoms with E-state index in [9.17, 15) is 0 Å². The zero-order chi connectivity index (χ0) is 13.8. The fourth-order valence-electron chi connectivity index (χ4n) is 2.07. The number of aliphatic hydroxyl groups excluding tert-OH is 1. The van der Waals surface area contributed by atoms with Crippen LogP contribution in [-0.4, -0.2) is 17.1 Å². The zero-order valence-electron chi connectivity index (χ0n) is 11.1. The highest BCUT2D eigenvalue weighted by atomic mass is 35.5. The van der Waals surface area contributed by atoms with E-state index in [0.717, 1.165) is 27.5 Å². The van der Waals surface area contributed by atoms with E-state index >= 15 is 0 Å². The Kier molecular flexibility index (Phi) is 4.40. The van der Waals surface area contributed by atoms with Crippen molar-refractivity contribution >= 4 is 17.4 Å². The largest absolute Gasteiger partial charge is 0.392 e. The molecule has 2 rings (SSSR count). The summed E-state index contributed by atoms with van der Waals surface area (Å²) in [5.74, 6) is 0.900. The molecular weight excluding hydrogens is 260 g/mol. The summed E-state index contributed by atoms with van der Waals surface area (Å²) in [6.45, 7) is 2.71. The van der Waals surface area contributed by atoms with Crippen LogP contribution in [0.5, 0.6) is 0 Å². The van der Waals surface area contributed by atoms with Gasteiger partial charge in [0.05, 0.1) is 6.61 Å². The number of halogens is 1. The Morgan fingerprint density at radius 2 is 2.05 bits per heavy atom. The van der Waals surface area contributed by atoms with Gasteiger partial charge < -0.3 is 10.0 Å². The van der Waals surface area contributed by atoms with Gasteiger partial charge in [-0.2, -0.15) is 0 Å². The highest BCUT2D eigenvalue weighted by Crippen LogP contribution is 2.22. The number of anilines is 1. The summed E-state index contributed by atoms with van der Waals surface area (Å²) < 4.78 is 0. The van der Waals surface area contributed by atoms with Gasteiger partial charge >= 0.3 is 0 Å². The average Bonchev–Trinajstić information content (AvgIpc) is 2.41. The van der Waals surface area contributed by atoms with E-state index in [2.05, 4.69) is 9.88 Å². The summed E-state index contributed by atoms with van der Waals surface area (Å²) in [4.78, 5) is 6.45. The van der Waals surface area contributed by atoms with Gasteiger partial charge in [-0.15, -0.1) is 0 Å². The number of nitrogens with zero attached hydrogens (tertiary/aromatic N) is 2. The average molecular weight is 277 g/mol. The molecule has 0 atom stereocenters. The number of rotatable bonds is 4. The van der Waals surface area contributed by atoms with Crippen LogP contribution in [0.1, 0.15) is 16.7 Å². The molecule has 3 nitrogen and oxygen atoms in total. The van der Waals surface area contributed by atoms with Crippen molar-refractivity contribution in [3.63, 3.8) is 0 Å². The topological polar surface area (TPSA) is 36.4 Å². The van der Waals surface area contributed by atoms with E-state index in [1.165, 1.54) is 0 Å². The van der Waals surface area contributed by atoms with Crippen LogP contribution in [0, 0.1) is 6.92 Å². The molecule has 19 heavy (non-hydrogen) atoms. The molecule has 1 heterocycles. The van der Waals surface area contributed by atoms with Crippen LogP contribution in [0.25, 0.3) is 0 Å². The van der Waals surface area contributed by atoms with Gasteiger partial charge in [-0.05, 0) is 35.7 Å². The molecule has 0 saturated heterocycles. The second kappa shape index (κ2) is 6.04. The molecule has 100 valence electrons. The lowest BCUT2D eigenvalue weighted by atomic mass is 10.2. The molecule has 0 spiro atoms. The number of pyridine rings is 1. The molecule has 0 amide bonds. The Hall–Kier alpha value is -1.58. The van der Waals surface area contributed by atoms with Crippen LogP contribution in [0.15, 0.2) is 36.5 Å². The summed E-state index contributed by atoms with van der Waals surface area (Å²) in [5, 5.41) is 9.86. The van der Waals surface area contributed by atoms with Gasteiger partial charge in [-0.1, -0.05) is 29.8 Å². The van der Waals surface area contributed by atoms with E-state index in [-0.39, 0.29) is 6.61 Å². The first kappa shape index (κ1) is 13.8. The van der Waals surface area contributed by atoms with Gasteiger partial charge in [0.15, 0.2) is 0 Å². The monoisotopic (exact) mass is 276 g/mol. The predicted octanol–water partition coefficient (Wildman–Crippen LogP) is 3.17. The Bertz CT molecular complexity index is 572. The fraction of sp³-hybridized carbons (Fsp3) is 0.267. The van der Waals surface area contributed by atoms with E-state index < -0.39 is 0 Å². The maximum absolute atomic E-state index is 9.09. The Balaban J connectivity index is 2.21. The molecule has 0 unspecified atom stereocenters. The molecule has 2 aromatic rings. The quantitative estimate of drug-likeness (QED) is 0.932. The van der Waals surface area contributed by atoms with E-state index in [0.29, 0.717) is 6.54 Å². The van der Waals surface area contributed by atoms with Gasteiger partial charge in [-0.3, -0.25) is 0 Å². The number of aryl methyl sites for hydroxylation is 1. The number of hydrogen-bond acceptors (Lipinski definition) is 3. The second-order valence-corrected chi connectivity index (χ2v) is 5.00. The summed E-state index contributed by atoms with van der Waals surface area (Å²) in [7, 11) is 1.98. The van der Waals surface area contributed by atoms with Crippen molar-refractivity contribution in [2.75, 3.05) is 11.9 Å². The highest BCUT2D eigenvalue weighted by Gasteiger charge is 2.09. The predicted molar refractivity (Wildman–Crippen MR) is 78.5 cm³/mol. The van der Waals surface area contributed by atoms with Crippen LogP contribution < -0.4 is 4.90 Å². The number of aliphatic hydroxyl groups is 1. The van der Waals surface area contributed by atoms with Gasteiger partial charge in [0.2, 0.25) is 0 Å². The lowest BCUT2D eigenvalue weighted by Crippen LogP contribution is -2.19. The third-order valence-corrected chi connectivity index (χ3v) is 3.39. The zero-order valence-corrected chi connectivity index (χ0v) is 11.9. The lowest BCUT2D eigenvalue weighted by Gasteiger charge is -2.21. The molecule has 0 fully saturated rings. The molecule has 1 aromatic heterocycles. The maximum atomic E-state index is 9.09. The number of hydrogen-bond donors (Lipinski definition) is 1. The fourth-order valence-corrected chi connectivity index (χ4v) is 2.26. The van der Waals surface area contributed by atoms with E-state index in [4.69, 9.17) is 16.7 Å². The number of aromatic nitrogens is 1. The second-order valence-electron chi connectivity index (χ2n) is 4.59. The summed E-state index contributed by atoms with van der Waals surface area (Å²) in [6, 6.07) is 9.75. The third kappa shape index (κ3) is 3.25. The van der Waals surface area contributed by atoms with Crippen LogP contribution in [0.4, 0.5) is 5.82 Å². The highest BCUT2D eigenvalue weighted by molar-refractivity contribution is 6.31. The van der Waals surface area contributed by atoms with Crippen molar-refractivity contribution < 1.29 is 5.11 Å². The van der Waals surface area contributed by atoms with Crippen LogP contribution >= 0.6 is 11.6 Å². The Labute approximate surface area is 118 Å². The Morgan fingerprint density at radius 1 is 1.32 bits per heavy atom. The summed E-state index contributed by atoms with van der Waals surface area (Å²) in [6.07, 6.45) is 1.70. The molecule has 0 aliphatic rings. The van der Waals surface area contributed by atoms with Gasteiger partial charge in [-0.25, -0.2) is 4.98 Å².